The van der Waals surface area contributed by atoms with E-state index in [2.05, 4.69) is 0 Å². The van der Waals surface area contributed by atoms with Gasteiger partial charge in [-0.15, -0.1) is 0 Å². The van der Waals surface area contributed by atoms with Gasteiger partial charge in [-0.3, -0.25) is 14.5 Å². The summed E-state index contributed by atoms with van der Waals surface area (Å²) in [6.07, 6.45) is 0.920. The number of carbonyl (C=O) groups is 3. The fourth-order valence-electron chi connectivity index (χ4n) is 2.84. The fraction of sp³-hybridized carbons (Fsp3) is 0.357. The van der Waals surface area contributed by atoms with Crippen LogP contribution in [0.15, 0.2) is 18.2 Å². The van der Waals surface area contributed by atoms with Crippen molar-refractivity contribution in [1.82, 2.24) is 4.90 Å². The second kappa shape index (κ2) is 4.33. The number of nitrogens with zero attached hydrogens (tertiary/aromatic N) is 2. The Kier molecular flexibility index (Phi) is 2.74. The second-order valence-electron chi connectivity index (χ2n) is 5.10. The molecule has 0 aromatic heterocycles. The third-order valence-electron chi connectivity index (χ3n) is 4.00. The van der Waals surface area contributed by atoms with Gasteiger partial charge in [0.15, 0.2) is 0 Å². The third kappa shape index (κ3) is 1.76. The smallest absolute Gasteiger partial charge is 0.335 e. The molecular formula is C14H14N2O4. The van der Waals surface area contributed by atoms with Gasteiger partial charge in [0.25, 0.3) is 5.91 Å². The number of carbonyl (C=O) groups excluding carboxylic acids is 2. The SMILES string of the molecule is CN1C(=O)CC(N2CCc3ccc(C(=O)O)cc32)C1=O. The summed E-state index contributed by atoms with van der Waals surface area (Å²) in [6.45, 7) is 0.635. The Morgan fingerprint density at radius 2 is 2.10 bits per heavy atom. The van der Waals surface area contributed by atoms with Gasteiger partial charge in [0.05, 0.1) is 12.0 Å². The number of likely N-dealkylation sites (N-methyl/N-ethyl adjacent to an activating group) is 1. The summed E-state index contributed by atoms with van der Waals surface area (Å²) in [5.74, 6) is -1.41. The zero-order valence-corrected chi connectivity index (χ0v) is 11.0. The molecular weight excluding hydrogens is 260 g/mol. The van der Waals surface area contributed by atoms with Crippen molar-refractivity contribution < 1.29 is 19.5 Å². The van der Waals surface area contributed by atoms with E-state index in [4.69, 9.17) is 5.11 Å². The van der Waals surface area contributed by atoms with E-state index in [-0.39, 0.29) is 23.8 Å². The highest BCUT2D eigenvalue weighted by Crippen LogP contribution is 2.33. The molecule has 0 bridgehead atoms. The average Bonchev–Trinajstić information content (AvgIpc) is 2.94. The van der Waals surface area contributed by atoms with E-state index in [9.17, 15) is 14.4 Å². The molecule has 2 heterocycles. The van der Waals surface area contributed by atoms with Crippen molar-refractivity contribution >= 4 is 23.5 Å². The highest BCUT2D eigenvalue weighted by Gasteiger charge is 2.41. The summed E-state index contributed by atoms with van der Waals surface area (Å²) < 4.78 is 0. The van der Waals surface area contributed by atoms with E-state index >= 15 is 0 Å². The Morgan fingerprint density at radius 3 is 2.70 bits per heavy atom. The van der Waals surface area contributed by atoms with E-state index in [0.717, 1.165) is 22.6 Å². The van der Waals surface area contributed by atoms with Crippen LogP contribution in [-0.2, 0) is 16.0 Å². The summed E-state index contributed by atoms with van der Waals surface area (Å²) in [5.41, 5.74) is 1.97. The Balaban J connectivity index is 1.97. The van der Waals surface area contributed by atoms with E-state index in [0.29, 0.717) is 6.54 Å². The number of fused-ring (bicyclic) bond motifs is 1. The van der Waals surface area contributed by atoms with Gasteiger partial charge < -0.3 is 10.0 Å². The minimum absolute atomic E-state index is 0.159. The standard InChI is InChI=1S/C14H14N2O4/c1-15-12(17)7-11(13(15)18)16-5-4-8-2-3-9(14(19)20)6-10(8)16/h2-3,6,11H,4-5,7H2,1H3,(H,19,20). The number of carboxylic acid groups (broad SMARTS) is 1. The zero-order chi connectivity index (χ0) is 14.4. The van der Waals surface area contributed by atoms with Gasteiger partial charge in [-0.25, -0.2) is 4.79 Å². The lowest BCUT2D eigenvalue weighted by atomic mass is 10.1. The first kappa shape index (κ1) is 12.7. The summed E-state index contributed by atoms with van der Waals surface area (Å²) in [7, 11) is 1.48. The van der Waals surface area contributed by atoms with E-state index in [1.807, 2.05) is 4.90 Å². The number of rotatable bonds is 2. The van der Waals surface area contributed by atoms with Gasteiger partial charge in [-0.1, -0.05) is 6.07 Å². The number of hydrogen-bond acceptors (Lipinski definition) is 4. The molecule has 1 saturated heterocycles. The number of carboxylic acids is 1. The number of aromatic carboxylic acids is 1. The van der Waals surface area contributed by atoms with Crippen molar-refractivity contribution in [3.63, 3.8) is 0 Å². The van der Waals surface area contributed by atoms with E-state index in [1.54, 1.807) is 18.2 Å². The maximum absolute atomic E-state index is 12.1. The predicted octanol–water partition coefficient (Wildman–Crippen LogP) is 0.505. The van der Waals surface area contributed by atoms with Crippen LogP contribution in [0.25, 0.3) is 0 Å². The molecule has 104 valence electrons. The van der Waals surface area contributed by atoms with Crippen LogP contribution in [-0.4, -0.2) is 47.4 Å². The molecule has 2 aliphatic rings. The largest absolute Gasteiger partial charge is 0.478 e. The lowest BCUT2D eigenvalue weighted by molar-refractivity contribution is -0.136. The molecule has 1 unspecified atom stereocenters. The van der Waals surface area contributed by atoms with Crippen LogP contribution in [0.2, 0.25) is 0 Å². The lowest BCUT2D eigenvalue weighted by Gasteiger charge is -2.25. The van der Waals surface area contributed by atoms with Gasteiger partial charge in [-0.05, 0) is 24.1 Å². The van der Waals surface area contributed by atoms with Crippen molar-refractivity contribution in [2.24, 2.45) is 0 Å². The van der Waals surface area contributed by atoms with Crippen LogP contribution in [0.1, 0.15) is 22.3 Å². The number of imide groups is 1. The maximum Gasteiger partial charge on any atom is 0.335 e. The average molecular weight is 274 g/mol. The van der Waals surface area contributed by atoms with E-state index < -0.39 is 12.0 Å². The number of anilines is 1. The summed E-state index contributed by atoms with van der Waals surface area (Å²) in [4.78, 5) is 37.7. The first-order valence-corrected chi connectivity index (χ1v) is 6.42. The topological polar surface area (TPSA) is 77.9 Å². The molecule has 1 aromatic rings. The Morgan fingerprint density at radius 1 is 1.35 bits per heavy atom. The molecule has 2 amide bonds. The number of hydrogen-bond donors (Lipinski definition) is 1. The molecule has 0 saturated carbocycles. The monoisotopic (exact) mass is 274 g/mol. The molecule has 3 rings (SSSR count). The van der Waals surface area contributed by atoms with Crippen LogP contribution in [0.3, 0.4) is 0 Å². The number of amides is 2. The molecule has 6 nitrogen and oxygen atoms in total. The first-order chi connectivity index (χ1) is 9.49. The highest BCUT2D eigenvalue weighted by molar-refractivity contribution is 6.07. The first-order valence-electron chi connectivity index (χ1n) is 6.42. The summed E-state index contributed by atoms with van der Waals surface area (Å²) in [6, 6.07) is 4.43. The normalized spacial score (nSPS) is 21.6. The van der Waals surface area contributed by atoms with Crippen molar-refractivity contribution in [2.45, 2.75) is 18.9 Å². The molecule has 0 spiro atoms. The fourth-order valence-corrected chi connectivity index (χ4v) is 2.84. The molecule has 2 aliphatic heterocycles. The van der Waals surface area contributed by atoms with Gasteiger partial charge >= 0.3 is 5.97 Å². The summed E-state index contributed by atoms with van der Waals surface area (Å²) in [5, 5.41) is 9.06. The van der Waals surface area contributed by atoms with Crippen LogP contribution < -0.4 is 4.90 Å². The highest BCUT2D eigenvalue weighted by atomic mass is 16.4. The van der Waals surface area contributed by atoms with Crippen molar-refractivity contribution in [3.05, 3.63) is 29.3 Å². The van der Waals surface area contributed by atoms with Crippen molar-refractivity contribution in [1.29, 1.82) is 0 Å². The molecule has 1 N–H and O–H groups in total. The zero-order valence-electron chi connectivity index (χ0n) is 11.0. The molecule has 6 heteroatoms. The van der Waals surface area contributed by atoms with Crippen molar-refractivity contribution in [3.8, 4) is 0 Å². The quantitative estimate of drug-likeness (QED) is 0.795. The Bertz CT molecular complexity index is 626. The minimum atomic E-state index is -0.995. The van der Waals surface area contributed by atoms with Gasteiger partial charge in [0, 0.05) is 19.3 Å². The molecule has 0 radical (unpaired) electrons. The third-order valence-corrected chi connectivity index (χ3v) is 4.00. The van der Waals surface area contributed by atoms with Crippen LogP contribution in [0.4, 0.5) is 5.69 Å². The van der Waals surface area contributed by atoms with Crippen molar-refractivity contribution in [2.75, 3.05) is 18.5 Å². The predicted molar refractivity (Wildman–Crippen MR) is 70.6 cm³/mol. The van der Waals surface area contributed by atoms with Crippen LogP contribution in [0.5, 0.6) is 0 Å². The van der Waals surface area contributed by atoms with E-state index in [1.165, 1.54) is 7.05 Å². The second-order valence-corrected chi connectivity index (χ2v) is 5.10. The molecule has 1 fully saturated rings. The van der Waals surface area contributed by atoms with Gasteiger partial charge in [0.1, 0.15) is 6.04 Å². The number of likely N-dealkylation sites (tertiary alicyclic amines) is 1. The lowest BCUT2D eigenvalue weighted by Crippen LogP contribution is -2.40. The Hall–Kier alpha value is -2.37. The number of benzene rings is 1. The summed E-state index contributed by atoms with van der Waals surface area (Å²) >= 11 is 0. The molecule has 20 heavy (non-hydrogen) atoms. The molecule has 1 atom stereocenters. The Labute approximate surface area is 115 Å². The minimum Gasteiger partial charge on any atom is -0.478 e. The van der Waals surface area contributed by atoms with Crippen LogP contribution in [0, 0.1) is 0 Å². The molecule has 0 aliphatic carbocycles. The van der Waals surface area contributed by atoms with Crippen LogP contribution >= 0.6 is 0 Å². The van der Waals surface area contributed by atoms with Gasteiger partial charge in [-0.2, -0.15) is 0 Å². The molecule has 1 aromatic carbocycles. The maximum atomic E-state index is 12.1. The van der Waals surface area contributed by atoms with Gasteiger partial charge in [0.2, 0.25) is 5.91 Å².